The summed E-state index contributed by atoms with van der Waals surface area (Å²) >= 11 is 0. The lowest BCUT2D eigenvalue weighted by Gasteiger charge is -2.40. The molecule has 0 spiro atoms. The second-order valence-corrected chi connectivity index (χ2v) is 17.3. The van der Waals surface area contributed by atoms with E-state index in [1.165, 1.54) is 56.9 Å². The van der Waals surface area contributed by atoms with Gasteiger partial charge in [-0.05, 0) is 140 Å². The molecule has 0 aromatic heterocycles. The normalized spacial score (nSPS) is 17.0. The van der Waals surface area contributed by atoms with Gasteiger partial charge in [0.25, 0.3) is 0 Å². The lowest BCUT2D eigenvalue weighted by atomic mass is 9.77. The molecule has 61 heavy (non-hydrogen) atoms. The van der Waals surface area contributed by atoms with Gasteiger partial charge in [0, 0.05) is 18.4 Å². The van der Waals surface area contributed by atoms with Gasteiger partial charge in [-0.1, -0.05) is 88.4 Å². The highest BCUT2D eigenvalue weighted by Crippen LogP contribution is 2.38. The number of carbonyl (C=O) groups excluding carboxylic acids is 3. The molecule has 326 valence electrons. The number of aryl methyl sites for hydroxylation is 1. The van der Waals surface area contributed by atoms with Crippen molar-refractivity contribution in [2.24, 2.45) is 11.3 Å². The lowest BCUT2D eigenvalue weighted by Crippen LogP contribution is -2.45. The monoisotopic (exact) mass is 830 g/mol. The number of unbranched alkanes of at least 4 members (excludes halogenated alkanes) is 5. The summed E-state index contributed by atoms with van der Waals surface area (Å²) in [6, 6.07) is 26.7. The Labute approximate surface area is 363 Å². The number of carbonyl (C=O) groups is 3. The van der Waals surface area contributed by atoms with Crippen molar-refractivity contribution in [1.82, 2.24) is 0 Å². The van der Waals surface area contributed by atoms with Crippen molar-refractivity contribution in [1.29, 1.82) is 0 Å². The molecule has 4 aromatic rings. The number of benzene rings is 4. The molecular weight excluding hydrogens is 765 g/mol. The van der Waals surface area contributed by atoms with Crippen molar-refractivity contribution >= 4 is 18.2 Å². The maximum Gasteiger partial charge on any atom is 0.343 e. The Morgan fingerprint density at radius 1 is 0.721 bits per heavy atom. The van der Waals surface area contributed by atoms with Crippen LogP contribution in [0.5, 0.6) is 11.5 Å². The van der Waals surface area contributed by atoms with E-state index in [9.17, 15) is 14.4 Å². The Hall–Kier alpha value is -4.79. The summed E-state index contributed by atoms with van der Waals surface area (Å²) < 4.78 is 28.5. The first-order chi connectivity index (χ1) is 29.8. The van der Waals surface area contributed by atoms with Gasteiger partial charge >= 0.3 is 11.9 Å². The van der Waals surface area contributed by atoms with E-state index in [0.717, 1.165) is 92.5 Å². The van der Waals surface area contributed by atoms with E-state index in [2.05, 4.69) is 38.1 Å². The van der Waals surface area contributed by atoms with Crippen molar-refractivity contribution in [3.05, 3.63) is 118 Å². The van der Waals surface area contributed by atoms with Crippen LogP contribution in [0.25, 0.3) is 11.1 Å². The van der Waals surface area contributed by atoms with Crippen LogP contribution in [0.15, 0.2) is 84.9 Å². The van der Waals surface area contributed by atoms with Crippen LogP contribution in [0.3, 0.4) is 0 Å². The van der Waals surface area contributed by atoms with Crippen LogP contribution in [0.2, 0.25) is 0 Å². The second kappa shape index (κ2) is 23.4. The van der Waals surface area contributed by atoms with Crippen LogP contribution in [-0.2, 0) is 20.6 Å². The van der Waals surface area contributed by atoms with Crippen LogP contribution >= 0.6 is 0 Å². The summed E-state index contributed by atoms with van der Waals surface area (Å²) in [5.74, 6) is 1.48. The zero-order valence-corrected chi connectivity index (χ0v) is 36.7. The maximum absolute atomic E-state index is 13.1. The highest BCUT2D eigenvalue weighted by molar-refractivity contribution is 5.93. The number of aldehydes is 1. The summed E-state index contributed by atoms with van der Waals surface area (Å²) in [5, 5.41) is 0. The van der Waals surface area contributed by atoms with Gasteiger partial charge in [0.1, 0.15) is 11.5 Å². The summed E-state index contributed by atoms with van der Waals surface area (Å²) in [5.41, 5.74) is 6.55. The fourth-order valence-corrected chi connectivity index (χ4v) is 8.51. The predicted octanol–water partition coefficient (Wildman–Crippen LogP) is 12.3. The largest absolute Gasteiger partial charge is 0.493 e. The van der Waals surface area contributed by atoms with E-state index in [1.807, 2.05) is 19.1 Å². The Bertz CT molecular complexity index is 1980. The van der Waals surface area contributed by atoms with E-state index in [-0.39, 0.29) is 23.3 Å². The minimum atomic E-state index is -0.565. The number of ether oxygens (including phenoxy) is 5. The average molecular weight is 831 g/mol. The third-order valence-corrected chi connectivity index (χ3v) is 12.8. The predicted molar refractivity (Wildman–Crippen MR) is 241 cm³/mol. The second-order valence-electron chi connectivity index (χ2n) is 17.3. The topological polar surface area (TPSA) is 97.4 Å². The zero-order chi connectivity index (χ0) is 42.9. The van der Waals surface area contributed by atoms with E-state index >= 15 is 0 Å². The molecule has 0 N–H and O–H groups in total. The summed E-state index contributed by atoms with van der Waals surface area (Å²) in [6.45, 7) is 10.3. The van der Waals surface area contributed by atoms with Crippen molar-refractivity contribution in [2.45, 2.75) is 117 Å². The minimum absolute atomic E-state index is 0.138. The molecule has 0 unspecified atom stereocenters. The zero-order valence-electron chi connectivity index (χ0n) is 36.7. The lowest BCUT2D eigenvalue weighted by molar-refractivity contribution is -0.150. The van der Waals surface area contributed by atoms with E-state index in [4.69, 9.17) is 23.7 Å². The molecule has 1 aliphatic carbocycles. The fourth-order valence-electron chi connectivity index (χ4n) is 8.51. The Balaban J connectivity index is 0.888. The van der Waals surface area contributed by atoms with Crippen molar-refractivity contribution in [3.8, 4) is 22.6 Å². The first kappa shape index (κ1) is 45.7. The molecule has 0 bridgehead atoms. The molecule has 0 atom stereocenters. The minimum Gasteiger partial charge on any atom is -0.493 e. The molecule has 2 aliphatic rings. The summed E-state index contributed by atoms with van der Waals surface area (Å²) in [7, 11) is 0. The van der Waals surface area contributed by atoms with Gasteiger partial charge in [-0.15, -0.1) is 0 Å². The van der Waals surface area contributed by atoms with Crippen LogP contribution in [0.4, 0.5) is 0 Å². The van der Waals surface area contributed by atoms with Gasteiger partial charge in [-0.25, -0.2) is 9.59 Å². The molecule has 1 saturated heterocycles. The SMILES string of the molecule is CCCCCC1CCC(c2ccc(-c3ccc(C(=O)OCCc4ccc(OC(=O)c5ccc(OCCCCCCOCC6(CC)COC6)c(C)c5)c(C=O)c4)cc3)cc2)CC1. The molecule has 1 heterocycles. The standard InChI is InChI=1S/C53H66O8/c1-4-6-9-12-40-13-16-42(17-14-40)43-18-20-44(21-19-43)45-22-24-46(25-23-45)51(55)60-32-29-41-15-27-50(48(34-41)35-54)61-52(56)47-26-28-49(39(3)33-47)59-31-11-8-7-10-30-57-36-53(5-2)37-58-38-53/h15,18-28,33-35,40,42H,4-14,16-17,29-32,36-38H2,1-3H3. The van der Waals surface area contributed by atoms with Crippen molar-refractivity contribution < 1.29 is 38.1 Å². The number of esters is 2. The van der Waals surface area contributed by atoms with E-state index in [0.29, 0.717) is 36.4 Å². The Morgan fingerprint density at radius 3 is 2.07 bits per heavy atom. The Morgan fingerprint density at radius 2 is 1.41 bits per heavy atom. The van der Waals surface area contributed by atoms with Gasteiger partial charge in [-0.2, -0.15) is 0 Å². The van der Waals surface area contributed by atoms with E-state index in [1.54, 1.807) is 48.5 Å². The smallest absolute Gasteiger partial charge is 0.343 e. The summed E-state index contributed by atoms with van der Waals surface area (Å²) in [6.07, 6.45) is 17.0. The van der Waals surface area contributed by atoms with Gasteiger partial charge in [-0.3, -0.25) is 4.79 Å². The molecular formula is C53H66O8. The van der Waals surface area contributed by atoms with Gasteiger partial charge in [0.15, 0.2) is 6.29 Å². The van der Waals surface area contributed by atoms with Gasteiger partial charge in [0.05, 0.1) is 49.7 Å². The molecule has 6 rings (SSSR count). The number of hydrogen-bond donors (Lipinski definition) is 0. The molecule has 8 heteroatoms. The van der Waals surface area contributed by atoms with Crippen molar-refractivity contribution in [3.63, 3.8) is 0 Å². The van der Waals surface area contributed by atoms with Crippen LogP contribution < -0.4 is 9.47 Å². The molecule has 0 amide bonds. The number of hydrogen-bond acceptors (Lipinski definition) is 8. The highest BCUT2D eigenvalue weighted by Gasteiger charge is 2.36. The molecule has 1 saturated carbocycles. The summed E-state index contributed by atoms with van der Waals surface area (Å²) in [4.78, 5) is 38.0. The van der Waals surface area contributed by atoms with Crippen LogP contribution in [0, 0.1) is 18.3 Å². The van der Waals surface area contributed by atoms with E-state index < -0.39 is 11.9 Å². The quantitative estimate of drug-likeness (QED) is 0.0298. The molecule has 0 radical (unpaired) electrons. The maximum atomic E-state index is 13.1. The van der Waals surface area contributed by atoms with Gasteiger partial charge in [0.2, 0.25) is 0 Å². The van der Waals surface area contributed by atoms with Crippen LogP contribution in [0.1, 0.15) is 151 Å². The molecule has 1 aliphatic heterocycles. The first-order valence-corrected chi connectivity index (χ1v) is 22.9. The highest BCUT2D eigenvalue weighted by atomic mass is 16.5. The van der Waals surface area contributed by atoms with Crippen molar-refractivity contribution in [2.75, 3.05) is 39.6 Å². The third-order valence-electron chi connectivity index (χ3n) is 12.8. The Kier molecular flexibility index (Phi) is 17.6. The van der Waals surface area contributed by atoms with Crippen LogP contribution in [-0.4, -0.2) is 57.9 Å². The van der Waals surface area contributed by atoms with Gasteiger partial charge < -0.3 is 23.7 Å². The number of rotatable bonds is 24. The molecule has 8 nitrogen and oxygen atoms in total. The third kappa shape index (κ3) is 13.3. The molecule has 2 fully saturated rings. The fraction of sp³-hybridized carbons (Fsp3) is 0.491. The molecule has 4 aromatic carbocycles. The average Bonchev–Trinajstić information content (AvgIpc) is 3.27. The first-order valence-electron chi connectivity index (χ1n) is 22.9.